The van der Waals surface area contributed by atoms with Crippen molar-refractivity contribution in [3.63, 3.8) is 0 Å². The quantitative estimate of drug-likeness (QED) is 0.679. The van der Waals surface area contributed by atoms with Gasteiger partial charge < -0.3 is 4.74 Å². The molecule has 3 nitrogen and oxygen atoms in total. The molecule has 0 atom stereocenters. The van der Waals surface area contributed by atoms with Crippen LogP contribution in [-0.4, -0.2) is 12.6 Å². The highest BCUT2D eigenvalue weighted by molar-refractivity contribution is 5.65. The lowest BCUT2D eigenvalue weighted by Crippen LogP contribution is -2.03. The molecule has 72 valence electrons. The molecule has 0 aromatic heterocycles. The van der Waals surface area contributed by atoms with Crippen molar-refractivity contribution in [3.8, 4) is 6.07 Å². The molecule has 0 aliphatic carbocycles. The van der Waals surface area contributed by atoms with Crippen molar-refractivity contribution in [1.82, 2.24) is 0 Å². The number of carbonyl (C=O) groups excluding carboxylic acids is 1. The van der Waals surface area contributed by atoms with Crippen molar-refractivity contribution in [2.24, 2.45) is 0 Å². The molecule has 0 spiro atoms. The van der Waals surface area contributed by atoms with E-state index in [1.807, 2.05) is 12.1 Å². The van der Waals surface area contributed by atoms with Gasteiger partial charge in [-0.05, 0) is 17.7 Å². The largest absolute Gasteiger partial charge is 0.466 e. The molecule has 0 N–H and O–H groups in total. The summed E-state index contributed by atoms with van der Waals surface area (Å²) in [5.41, 5.74) is 1.63. The number of rotatable bonds is 3. The van der Waals surface area contributed by atoms with Crippen LogP contribution in [0.3, 0.4) is 0 Å². The molecule has 0 radical (unpaired) electrons. The van der Waals surface area contributed by atoms with Crippen molar-refractivity contribution >= 4 is 5.97 Å². The van der Waals surface area contributed by atoms with Crippen molar-refractivity contribution in [1.29, 1.82) is 5.26 Å². The highest BCUT2D eigenvalue weighted by Crippen LogP contribution is 2.04. The van der Waals surface area contributed by atoms with Gasteiger partial charge in [-0.25, -0.2) is 0 Å². The molecule has 1 aromatic rings. The van der Waals surface area contributed by atoms with Crippen LogP contribution in [-0.2, 0) is 16.0 Å². The number of ether oxygens (including phenoxy) is 1. The Labute approximate surface area is 82.9 Å². The lowest BCUT2D eigenvalue weighted by Gasteiger charge is -2.02. The van der Waals surface area contributed by atoms with E-state index in [1.165, 1.54) is 6.92 Å². The SMILES string of the molecule is CC(=O)OCCc1cccc(C#N)c1. The van der Waals surface area contributed by atoms with E-state index in [-0.39, 0.29) is 5.97 Å². The van der Waals surface area contributed by atoms with Crippen LogP contribution in [0.25, 0.3) is 0 Å². The van der Waals surface area contributed by atoms with E-state index in [9.17, 15) is 4.79 Å². The Bertz CT molecular complexity index is 366. The minimum absolute atomic E-state index is 0.276. The first-order valence-corrected chi connectivity index (χ1v) is 4.35. The normalized spacial score (nSPS) is 9.14. The average molecular weight is 189 g/mol. The lowest BCUT2D eigenvalue weighted by atomic mass is 10.1. The minimum atomic E-state index is -0.276. The van der Waals surface area contributed by atoms with Crippen molar-refractivity contribution < 1.29 is 9.53 Å². The summed E-state index contributed by atoms with van der Waals surface area (Å²) in [5, 5.41) is 8.64. The highest BCUT2D eigenvalue weighted by Gasteiger charge is 1.97. The summed E-state index contributed by atoms with van der Waals surface area (Å²) < 4.78 is 4.80. The highest BCUT2D eigenvalue weighted by atomic mass is 16.5. The molecule has 3 heteroatoms. The fourth-order valence-electron chi connectivity index (χ4n) is 1.11. The Balaban J connectivity index is 2.51. The Kier molecular flexibility index (Phi) is 3.69. The van der Waals surface area contributed by atoms with Gasteiger partial charge >= 0.3 is 5.97 Å². The monoisotopic (exact) mass is 189 g/mol. The van der Waals surface area contributed by atoms with Crippen LogP contribution in [0.15, 0.2) is 24.3 Å². The lowest BCUT2D eigenvalue weighted by molar-refractivity contribution is -0.140. The predicted molar refractivity (Wildman–Crippen MR) is 51.5 cm³/mol. The number of hydrogen-bond acceptors (Lipinski definition) is 3. The van der Waals surface area contributed by atoms with Gasteiger partial charge in [0, 0.05) is 13.3 Å². The number of esters is 1. The number of nitrogens with zero attached hydrogens (tertiary/aromatic N) is 1. The number of hydrogen-bond donors (Lipinski definition) is 0. The fraction of sp³-hybridized carbons (Fsp3) is 0.273. The summed E-state index contributed by atoms with van der Waals surface area (Å²) in [6, 6.07) is 9.33. The molecular formula is C11H11NO2. The fourth-order valence-corrected chi connectivity index (χ4v) is 1.11. The Morgan fingerprint density at radius 1 is 1.57 bits per heavy atom. The number of carbonyl (C=O) groups is 1. The van der Waals surface area contributed by atoms with Gasteiger partial charge in [0.1, 0.15) is 0 Å². The van der Waals surface area contributed by atoms with Crippen LogP contribution < -0.4 is 0 Å². The van der Waals surface area contributed by atoms with Gasteiger partial charge in [-0.2, -0.15) is 5.26 Å². The summed E-state index contributed by atoms with van der Waals surface area (Å²) in [4.78, 5) is 10.5. The zero-order valence-electron chi connectivity index (χ0n) is 7.99. The zero-order valence-corrected chi connectivity index (χ0v) is 7.99. The number of nitriles is 1. The summed E-state index contributed by atoms with van der Waals surface area (Å²) in [6.45, 7) is 1.75. The van der Waals surface area contributed by atoms with Crippen LogP contribution in [0, 0.1) is 11.3 Å². The molecule has 0 unspecified atom stereocenters. The van der Waals surface area contributed by atoms with Crippen LogP contribution in [0.1, 0.15) is 18.1 Å². The molecule has 0 amide bonds. The van der Waals surface area contributed by atoms with Crippen molar-refractivity contribution in [3.05, 3.63) is 35.4 Å². The van der Waals surface area contributed by atoms with Crippen LogP contribution in [0.2, 0.25) is 0 Å². The molecule has 0 saturated heterocycles. The maximum Gasteiger partial charge on any atom is 0.302 e. The van der Waals surface area contributed by atoms with E-state index in [0.29, 0.717) is 18.6 Å². The third kappa shape index (κ3) is 3.28. The van der Waals surface area contributed by atoms with E-state index >= 15 is 0 Å². The van der Waals surface area contributed by atoms with E-state index in [0.717, 1.165) is 5.56 Å². The zero-order chi connectivity index (χ0) is 10.4. The average Bonchev–Trinajstić information content (AvgIpc) is 2.18. The van der Waals surface area contributed by atoms with Crippen LogP contribution in [0.4, 0.5) is 0 Å². The smallest absolute Gasteiger partial charge is 0.302 e. The summed E-state index contributed by atoms with van der Waals surface area (Å²) in [7, 11) is 0. The third-order valence-electron chi connectivity index (χ3n) is 1.75. The molecule has 0 aliphatic heterocycles. The standard InChI is InChI=1S/C11H11NO2/c1-9(13)14-6-5-10-3-2-4-11(7-10)8-12/h2-4,7H,5-6H2,1H3. The first-order chi connectivity index (χ1) is 6.72. The van der Waals surface area contributed by atoms with Crippen molar-refractivity contribution in [2.75, 3.05) is 6.61 Å². The second kappa shape index (κ2) is 5.03. The molecular weight excluding hydrogens is 178 g/mol. The van der Waals surface area contributed by atoms with Crippen LogP contribution >= 0.6 is 0 Å². The minimum Gasteiger partial charge on any atom is -0.466 e. The summed E-state index contributed by atoms with van der Waals surface area (Å²) in [5.74, 6) is -0.276. The topological polar surface area (TPSA) is 50.1 Å². The second-order valence-corrected chi connectivity index (χ2v) is 2.90. The third-order valence-corrected chi connectivity index (χ3v) is 1.75. The van der Waals surface area contributed by atoms with E-state index in [4.69, 9.17) is 10.00 Å². The molecule has 0 bridgehead atoms. The molecule has 1 aromatic carbocycles. The molecule has 1 rings (SSSR count). The Hall–Kier alpha value is -1.82. The van der Waals surface area contributed by atoms with E-state index in [1.54, 1.807) is 12.1 Å². The predicted octanol–water partition coefficient (Wildman–Crippen LogP) is 1.66. The first-order valence-electron chi connectivity index (χ1n) is 4.35. The molecule has 0 aliphatic rings. The molecule has 0 fully saturated rings. The van der Waals surface area contributed by atoms with Gasteiger partial charge in [0.15, 0.2) is 0 Å². The summed E-state index contributed by atoms with van der Waals surface area (Å²) >= 11 is 0. The maximum atomic E-state index is 10.5. The van der Waals surface area contributed by atoms with Gasteiger partial charge in [0.05, 0.1) is 18.2 Å². The van der Waals surface area contributed by atoms with Crippen LogP contribution in [0.5, 0.6) is 0 Å². The van der Waals surface area contributed by atoms with Gasteiger partial charge in [0.2, 0.25) is 0 Å². The van der Waals surface area contributed by atoms with Crippen molar-refractivity contribution in [2.45, 2.75) is 13.3 Å². The van der Waals surface area contributed by atoms with Gasteiger partial charge in [-0.1, -0.05) is 12.1 Å². The van der Waals surface area contributed by atoms with Gasteiger partial charge in [-0.3, -0.25) is 4.79 Å². The Morgan fingerprint density at radius 3 is 3.00 bits per heavy atom. The van der Waals surface area contributed by atoms with E-state index < -0.39 is 0 Å². The molecule has 0 saturated carbocycles. The number of benzene rings is 1. The van der Waals surface area contributed by atoms with E-state index in [2.05, 4.69) is 6.07 Å². The van der Waals surface area contributed by atoms with Gasteiger partial charge in [0.25, 0.3) is 0 Å². The molecule has 0 heterocycles. The maximum absolute atomic E-state index is 10.5. The van der Waals surface area contributed by atoms with Gasteiger partial charge in [-0.15, -0.1) is 0 Å². The Morgan fingerprint density at radius 2 is 2.36 bits per heavy atom. The summed E-state index contributed by atoms with van der Waals surface area (Å²) in [6.07, 6.45) is 0.648. The molecule has 14 heavy (non-hydrogen) atoms. The second-order valence-electron chi connectivity index (χ2n) is 2.90. The first kappa shape index (κ1) is 10.3.